The topological polar surface area (TPSA) is 29.0 Å². The quantitative estimate of drug-likeness (QED) is 0.750. The molecule has 3 rings (SSSR count). The standard InChI is InChI=1S/C16H24BrN3/c1-16(2,3)12-6-8-20(9-7-12)14-10-13(17)18-15(19-14)11-4-5-11/h10-12H,4-9H2,1-3H3. The van der Waals surface area contributed by atoms with Gasteiger partial charge in [-0.1, -0.05) is 20.8 Å². The zero-order valence-electron chi connectivity index (χ0n) is 12.7. The van der Waals surface area contributed by atoms with Gasteiger partial charge in [-0.3, -0.25) is 0 Å². The Bertz CT molecular complexity index is 483. The van der Waals surface area contributed by atoms with Crippen molar-refractivity contribution in [1.29, 1.82) is 0 Å². The first kappa shape index (κ1) is 14.3. The Morgan fingerprint density at radius 2 is 1.75 bits per heavy atom. The van der Waals surface area contributed by atoms with Crippen LogP contribution in [-0.4, -0.2) is 23.1 Å². The Morgan fingerprint density at radius 3 is 2.30 bits per heavy atom. The lowest BCUT2D eigenvalue weighted by Gasteiger charge is -2.39. The zero-order chi connectivity index (χ0) is 14.3. The summed E-state index contributed by atoms with van der Waals surface area (Å²) in [5.74, 6) is 3.58. The molecule has 0 aromatic carbocycles. The lowest BCUT2D eigenvalue weighted by molar-refractivity contribution is 0.198. The van der Waals surface area contributed by atoms with Gasteiger partial charge in [0.2, 0.25) is 0 Å². The number of piperidine rings is 1. The summed E-state index contributed by atoms with van der Waals surface area (Å²) in [5, 5.41) is 0. The SMILES string of the molecule is CC(C)(C)C1CCN(c2cc(Br)nc(C3CC3)n2)CC1. The molecule has 110 valence electrons. The number of aromatic nitrogens is 2. The molecule has 0 amide bonds. The summed E-state index contributed by atoms with van der Waals surface area (Å²) in [6, 6.07) is 2.07. The molecule has 1 aromatic rings. The highest BCUT2D eigenvalue weighted by atomic mass is 79.9. The average molecular weight is 338 g/mol. The maximum atomic E-state index is 4.79. The van der Waals surface area contributed by atoms with Gasteiger partial charge in [0.05, 0.1) is 0 Å². The third kappa shape index (κ3) is 3.16. The number of rotatable bonds is 2. The van der Waals surface area contributed by atoms with Crippen molar-refractivity contribution in [3.8, 4) is 0 Å². The van der Waals surface area contributed by atoms with E-state index in [0.717, 1.165) is 35.3 Å². The second-order valence-electron chi connectivity index (χ2n) is 7.31. The molecule has 3 nitrogen and oxygen atoms in total. The molecule has 1 aliphatic heterocycles. The number of hydrogen-bond acceptors (Lipinski definition) is 3. The summed E-state index contributed by atoms with van der Waals surface area (Å²) < 4.78 is 0.933. The van der Waals surface area contributed by atoms with E-state index in [0.29, 0.717) is 11.3 Å². The fourth-order valence-corrected chi connectivity index (χ4v) is 3.47. The van der Waals surface area contributed by atoms with Crippen molar-refractivity contribution in [2.24, 2.45) is 11.3 Å². The van der Waals surface area contributed by atoms with E-state index in [2.05, 4.69) is 52.7 Å². The third-order valence-electron chi connectivity index (χ3n) is 4.68. The highest BCUT2D eigenvalue weighted by molar-refractivity contribution is 9.10. The Morgan fingerprint density at radius 1 is 1.10 bits per heavy atom. The molecular formula is C16H24BrN3. The third-order valence-corrected chi connectivity index (χ3v) is 5.09. The Labute approximate surface area is 130 Å². The largest absolute Gasteiger partial charge is 0.356 e. The molecule has 0 radical (unpaired) electrons. The molecule has 1 saturated carbocycles. The first-order valence-electron chi connectivity index (χ1n) is 7.73. The minimum Gasteiger partial charge on any atom is -0.356 e. The molecular weight excluding hydrogens is 314 g/mol. The fraction of sp³-hybridized carbons (Fsp3) is 0.750. The summed E-state index contributed by atoms with van der Waals surface area (Å²) in [6.07, 6.45) is 5.04. The van der Waals surface area contributed by atoms with Gasteiger partial charge >= 0.3 is 0 Å². The maximum absolute atomic E-state index is 4.79. The number of hydrogen-bond donors (Lipinski definition) is 0. The lowest BCUT2D eigenvalue weighted by atomic mass is 9.75. The van der Waals surface area contributed by atoms with Gasteiger partial charge in [0.25, 0.3) is 0 Å². The van der Waals surface area contributed by atoms with Gasteiger partial charge in [-0.05, 0) is 52.9 Å². The summed E-state index contributed by atoms with van der Waals surface area (Å²) >= 11 is 3.54. The average Bonchev–Trinajstić information content (AvgIpc) is 3.21. The van der Waals surface area contributed by atoms with Crippen molar-refractivity contribution in [2.75, 3.05) is 18.0 Å². The molecule has 20 heavy (non-hydrogen) atoms. The van der Waals surface area contributed by atoms with E-state index in [1.165, 1.54) is 25.7 Å². The van der Waals surface area contributed by atoms with E-state index in [1.807, 2.05) is 0 Å². The van der Waals surface area contributed by atoms with Crippen LogP contribution >= 0.6 is 15.9 Å². The van der Waals surface area contributed by atoms with Crippen LogP contribution < -0.4 is 4.90 Å². The van der Waals surface area contributed by atoms with E-state index < -0.39 is 0 Å². The summed E-state index contributed by atoms with van der Waals surface area (Å²) in [5.41, 5.74) is 0.428. The van der Waals surface area contributed by atoms with Gasteiger partial charge in [-0.25, -0.2) is 9.97 Å². The monoisotopic (exact) mass is 337 g/mol. The van der Waals surface area contributed by atoms with Crippen molar-refractivity contribution in [2.45, 2.75) is 52.4 Å². The van der Waals surface area contributed by atoms with Crippen molar-refractivity contribution in [3.05, 3.63) is 16.5 Å². The second kappa shape index (κ2) is 5.28. The molecule has 4 heteroatoms. The van der Waals surface area contributed by atoms with Crippen LogP contribution in [0.4, 0.5) is 5.82 Å². The molecule has 1 aromatic heterocycles. The number of halogens is 1. The second-order valence-corrected chi connectivity index (χ2v) is 8.12. The van der Waals surface area contributed by atoms with Crippen LogP contribution in [0.2, 0.25) is 0 Å². The molecule has 2 aliphatic rings. The van der Waals surface area contributed by atoms with Crippen molar-refractivity contribution < 1.29 is 0 Å². The highest BCUT2D eigenvalue weighted by Gasteiger charge is 2.31. The Hall–Kier alpha value is -0.640. The van der Waals surface area contributed by atoms with Crippen LogP contribution in [0.3, 0.4) is 0 Å². The smallest absolute Gasteiger partial charge is 0.135 e. The summed E-state index contributed by atoms with van der Waals surface area (Å²) in [7, 11) is 0. The van der Waals surface area contributed by atoms with Crippen LogP contribution in [0, 0.1) is 11.3 Å². The predicted molar refractivity (Wildman–Crippen MR) is 86.1 cm³/mol. The van der Waals surface area contributed by atoms with Crippen molar-refractivity contribution in [3.63, 3.8) is 0 Å². The highest BCUT2D eigenvalue weighted by Crippen LogP contribution is 2.40. The molecule has 1 aliphatic carbocycles. The van der Waals surface area contributed by atoms with Gasteiger partial charge in [0, 0.05) is 25.1 Å². The van der Waals surface area contributed by atoms with Gasteiger partial charge in [0.1, 0.15) is 16.2 Å². The number of anilines is 1. The van der Waals surface area contributed by atoms with Gasteiger partial charge < -0.3 is 4.90 Å². The summed E-state index contributed by atoms with van der Waals surface area (Å²) in [6.45, 7) is 9.32. The molecule has 0 bridgehead atoms. The Balaban J connectivity index is 1.71. The van der Waals surface area contributed by atoms with Crippen molar-refractivity contribution in [1.82, 2.24) is 9.97 Å². The predicted octanol–water partition coefficient (Wildman–Crippen LogP) is 4.38. The van der Waals surface area contributed by atoms with Crippen LogP contribution in [0.15, 0.2) is 10.7 Å². The molecule has 2 fully saturated rings. The zero-order valence-corrected chi connectivity index (χ0v) is 14.3. The molecule has 0 atom stereocenters. The van der Waals surface area contributed by atoms with E-state index >= 15 is 0 Å². The normalized spacial score (nSPS) is 21.3. The molecule has 0 N–H and O–H groups in total. The van der Waals surface area contributed by atoms with E-state index in [9.17, 15) is 0 Å². The number of nitrogens with zero attached hydrogens (tertiary/aromatic N) is 3. The molecule has 0 spiro atoms. The van der Waals surface area contributed by atoms with Crippen LogP contribution in [0.25, 0.3) is 0 Å². The molecule has 2 heterocycles. The first-order chi connectivity index (χ1) is 9.43. The van der Waals surface area contributed by atoms with Gasteiger partial charge in [0.15, 0.2) is 0 Å². The van der Waals surface area contributed by atoms with Crippen LogP contribution in [-0.2, 0) is 0 Å². The van der Waals surface area contributed by atoms with E-state index in [-0.39, 0.29) is 0 Å². The first-order valence-corrected chi connectivity index (χ1v) is 8.52. The van der Waals surface area contributed by atoms with Gasteiger partial charge in [-0.15, -0.1) is 0 Å². The van der Waals surface area contributed by atoms with E-state index in [1.54, 1.807) is 0 Å². The molecule has 1 saturated heterocycles. The molecule has 0 unspecified atom stereocenters. The van der Waals surface area contributed by atoms with Crippen molar-refractivity contribution >= 4 is 21.7 Å². The van der Waals surface area contributed by atoms with Crippen LogP contribution in [0.5, 0.6) is 0 Å². The minimum atomic E-state index is 0.428. The fourth-order valence-electron chi connectivity index (χ4n) is 3.08. The maximum Gasteiger partial charge on any atom is 0.135 e. The minimum absolute atomic E-state index is 0.428. The van der Waals surface area contributed by atoms with Gasteiger partial charge in [-0.2, -0.15) is 0 Å². The summed E-state index contributed by atoms with van der Waals surface area (Å²) in [4.78, 5) is 11.7. The Kier molecular flexibility index (Phi) is 3.78. The van der Waals surface area contributed by atoms with Crippen LogP contribution in [0.1, 0.15) is 58.2 Å². The lowest BCUT2D eigenvalue weighted by Crippen LogP contribution is -2.38. The van der Waals surface area contributed by atoms with E-state index in [4.69, 9.17) is 4.98 Å².